The minimum absolute atomic E-state index is 0.139. The normalized spacial score (nSPS) is 13.3. The fourth-order valence-electron chi connectivity index (χ4n) is 9.61. The van der Waals surface area contributed by atoms with Gasteiger partial charge in [-0.05, 0) is 77.0 Å². The molecule has 0 saturated heterocycles. The number of ether oxygens (including phenoxy) is 4. The molecule has 0 spiro atoms. The average Bonchev–Trinajstić information content (AvgIpc) is 3.46. The summed E-state index contributed by atoms with van der Waals surface area (Å²) in [5.41, 5.74) is 0. The molecule has 83 heavy (non-hydrogen) atoms. The smallest absolute Gasteiger partial charge is 0.306 e. The van der Waals surface area contributed by atoms with E-state index in [0.29, 0.717) is 17.4 Å². The highest BCUT2D eigenvalue weighted by molar-refractivity contribution is 5.70. The van der Waals surface area contributed by atoms with E-state index >= 15 is 0 Å². The molecule has 2 unspecified atom stereocenters. The van der Waals surface area contributed by atoms with Crippen LogP contribution in [0.5, 0.6) is 0 Å². The Bertz CT molecular complexity index is 1680. The van der Waals surface area contributed by atoms with Crippen LogP contribution in [0.15, 0.2) is 97.2 Å². The van der Waals surface area contributed by atoms with Gasteiger partial charge < -0.3 is 33.3 Å². The molecule has 0 radical (unpaired) electrons. The lowest BCUT2D eigenvalue weighted by molar-refractivity contribution is -0.870. The number of likely N-dealkylation sites (N-methyl/N-ethyl adjacent to an activating group) is 1. The maximum Gasteiger partial charge on any atom is 0.306 e. The van der Waals surface area contributed by atoms with Crippen molar-refractivity contribution < 1.29 is 42.9 Å². The van der Waals surface area contributed by atoms with Crippen LogP contribution < -0.4 is 5.11 Å². The maximum absolute atomic E-state index is 12.9. The van der Waals surface area contributed by atoms with E-state index in [1.807, 2.05) is 21.1 Å². The first-order valence-electron chi connectivity index (χ1n) is 34.4. The molecule has 0 heterocycles. The molecule has 0 fully saturated rings. The van der Waals surface area contributed by atoms with Crippen LogP contribution in [0.4, 0.5) is 0 Å². The molecule has 9 nitrogen and oxygen atoms in total. The Morgan fingerprint density at radius 2 is 0.687 bits per heavy atom. The third-order valence-electron chi connectivity index (χ3n) is 14.8. The molecule has 9 heteroatoms. The minimum Gasteiger partial charge on any atom is -0.545 e. The SMILES string of the molecule is CC/C=C\C/C=C\C/C=C\C/C=C\C/C=C\C/C=C\C/C=C\C/C=C\CCCCCCC(=O)OC(COC(=O)CCCCCCCCCCCCCCCCCCCCCCCCCCCCCCC)COC(OCC[N+](C)(C)C)C(=O)[O-]. The Kier molecular flexibility index (Phi) is 61.3. The van der Waals surface area contributed by atoms with Crippen LogP contribution >= 0.6 is 0 Å². The fraction of sp³-hybridized carbons (Fsp3) is 0.743. The monoisotopic (exact) mass is 1160 g/mol. The van der Waals surface area contributed by atoms with Crippen LogP contribution in [0.3, 0.4) is 0 Å². The van der Waals surface area contributed by atoms with Crippen molar-refractivity contribution in [2.24, 2.45) is 0 Å². The van der Waals surface area contributed by atoms with Gasteiger partial charge in [0.15, 0.2) is 12.4 Å². The van der Waals surface area contributed by atoms with Crippen LogP contribution in [0.2, 0.25) is 0 Å². The largest absolute Gasteiger partial charge is 0.545 e. The molecular formula is C74H129NO8. The summed E-state index contributed by atoms with van der Waals surface area (Å²) < 4.78 is 22.8. The van der Waals surface area contributed by atoms with E-state index < -0.39 is 24.3 Å². The van der Waals surface area contributed by atoms with Gasteiger partial charge in [-0.2, -0.15) is 0 Å². The first-order chi connectivity index (χ1) is 40.6. The Labute approximate surface area is 512 Å². The number of nitrogens with zero attached hydrogens (tertiary/aromatic N) is 1. The zero-order valence-corrected chi connectivity index (χ0v) is 54.5. The molecule has 0 amide bonds. The summed E-state index contributed by atoms with van der Waals surface area (Å²) >= 11 is 0. The van der Waals surface area contributed by atoms with Crippen LogP contribution in [-0.2, 0) is 33.3 Å². The summed E-state index contributed by atoms with van der Waals surface area (Å²) in [5, 5.41) is 11.8. The van der Waals surface area contributed by atoms with Gasteiger partial charge in [0.1, 0.15) is 13.2 Å². The topological polar surface area (TPSA) is 111 Å². The van der Waals surface area contributed by atoms with Gasteiger partial charge in [-0.1, -0.05) is 304 Å². The van der Waals surface area contributed by atoms with Crippen molar-refractivity contribution in [2.75, 3.05) is 47.5 Å². The van der Waals surface area contributed by atoms with E-state index in [2.05, 4.69) is 111 Å². The highest BCUT2D eigenvalue weighted by Gasteiger charge is 2.22. The lowest BCUT2D eigenvalue weighted by Gasteiger charge is -2.26. The Morgan fingerprint density at radius 3 is 1.02 bits per heavy atom. The number of aliphatic carboxylic acids is 1. The van der Waals surface area contributed by atoms with Gasteiger partial charge in [0, 0.05) is 12.8 Å². The first kappa shape index (κ1) is 79.2. The number of quaternary nitrogens is 1. The zero-order chi connectivity index (χ0) is 60.5. The van der Waals surface area contributed by atoms with Gasteiger partial charge in [-0.3, -0.25) is 9.59 Å². The number of carbonyl (C=O) groups is 3. The Hall–Kier alpha value is -3.79. The molecule has 0 saturated carbocycles. The fourth-order valence-corrected chi connectivity index (χ4v) is 9.61. The van der Waals surface area contributed by atoms with Crippen LogP contribution in [0.25, 0.3) is 0 Å². The van der Waals surface area contributed by atoms with E-state index in [9.17, 15) is 19.5 Å². The third-order valence-corrected chi connectivity index (χ3v) is 14.8. The molecule has 0 aromatic rings. The van der Waals surface area contributed by atoms with E-state index in [0.717, 1.165) is 96.3 Å². The van der Waals surface area contributed by atoms with E-state index in [-0.39, 0.29) is 38.6 Å². The number of hydrogen-bond donors (Lipinski definition) is 0. The van der Waals surface area contributed by atoms with Crippen LogP contribution in [0.1, 0.15) is 296 Å². The first-order valence-corrected chi connectivity index (χ1v) is 34.4. The third kappa shape index (κ3) is 65.6. The quantitative estimate of drug-likeness (QED) is 0.0195. The van der Waals surface area contributed by atoms with Gasteiger partial charge >= 0.3 is 11.9 Å². The summed E-state index contributed by atoms with van der Waals surface area (Å²) in [4.78, 5) is 37.5. The van der Waals surface area contributed by atoms with Crippen molar-refractivity contribution in [3.8, 4) is 0 Å². The van der Waals surface area contributed by atoms with Crippen LogP contribution in [0, 0.1) is 0 Å². The molecule has 478 valence electrons. The summed E-state index contributed by atoms with van der Waals surface area (Å²) in [5.74, 6) is -2.31. The highest BCUT2D eigenvalue weighted by atomic mass is 16.7. The predicted octanol–water partition coefficient (Wildman–Crippen LogP) is 19.9. The second-order valence-corrected chi connectivity index (χ2v) is 24.1. The van der Waals surface area contributed by atoms with Crippen molar-refractivity contribution in [2.45, 2.75) is 309 Å². The van der Waals surface area contributed by atoms with Gasteiger partial charge in [0.25, 0.3) is 0 Å². The highest BCUT2D eigenvalue weighted by Crippen LogP contribution is 2.18. The number of unbranched alkanes of at least 4 members (excludes halogenated alkanes) is 32. The zero-order valence-electron chi connectivity index (χ0n) is 54.5. The second-order valence-electron chi connectivity index (χ2n) is 24.1. The summed E-state index contributed by atoms with van der Waals surface area (Å²) in [6.45, 7) is 4.63. The van der Waals surface area contributed by atoms with Gasteiger partial charge in [-0.15, -0.1) is 0 Å². The number of carboxylic acids is 1. The summed E-state index contributed by atoms with van der Waals surface area (Å²) in [6, 6.07) is 0. The predicted molar refractivity (Wildman–Crippen MR) is 352 cm³/mol. The summed E-state index contributed by atoms with van der Waals surface area (Å²) in [7, 11) is 5.92. The van der Waals surface area contributed by atoms with E-state index in [4.69, 9.17) is 18.9 Å². The molecule has 2 atom stereocenters. The lowest BCUT2D eigenvalue weighted by atomic mass is 10.0. The number of hydrogen-bond acceptors (Lipinski definition) is 8. The van der Waals surface area contributed by atoms with Crippen molar-refractivity contribution in [3.63, 3.8) is 0 Å². The molecule has 0 aliphatic heterocycles. The number of carbonyl (C=O) groups excluding carboxylic acids is 3. The van der Waals surface area contributed by atoms with Gasteiger partial charge in [0.2, 0.25) is 0 Å². The molecule has 0 aliphatic rings. The molecule has 0 aromatic heterocycles. The van der Waals surface area contributed by atoms with Crippen molar-refractivity contribution in [3.05, 3.63) is 97.2 Å². The molecule has 0 N–H and O–H groups in total. The number of allylic oxidation sites excluding steroid dienone is 16. The Morgan fingerprint density at radius 1 is 0.373 bits per heavy atom. The standard InChI is InChI=1S/C74H129NO8/c1-6-8-10-12-14-16-18-20-22-24-26-28-30-32-34-36-38-40-42-44-46-48-50-52-54-56-58-60-62-64-71(76)81-68-70(69-82-74(73(78)79)80-67-66-75(3,4)5)83-72(77)65-63-61-59-57-55-53-51-49-47-45-43-41-39-37-35-33-31-29-27-25-23-21-19-17-15-13-11-9-7-2/h9,11,15,17,21,23,27,29,33,35,39,41,45,47,51,53,70,74H,6-8,10,12-14,16,18-20,22,24-26,28,30-32,34,36-38,40,42-44,46,48-50,52,54-69H2,1-5H3/b11-9-,17-15-,23-21-,29-27-,35-33-,41-39-,47-45-,53-51-. The number of rotatable bonds is 63. The average molecular weight is 1160 g/mol. The molecular weight excluding hydrogens is 1030 g/mol. The summed E-state index contributed by atoms with van der Waals surface area (Å²) in [6.07, 6.45) is 84.9. The molecule has 0 aliphatic carbocycles. The number of esters is 2. The van der Waals surface area contributed by atoms with Crippen LogP contribution in [-0.4, -0.2) is 82.3 Å². The maximum atomic E-state index is 12.9. The van der Waals surface area contributed by atoms with Crippen molar-refractivity contribution >= 4 is 17.9 Å². The second kappa shape index (κ2) is 64.2. The molecule has 0 rings (SSSR count). The molecule has 0 aromatic carbocycles. The lowest BCUT2D eigenvalue weighted by Crippen LogP contribution is -2.44. The van der Waals surface area contributed by atoms with E-state index in [1.165, 1.54) is 167 Å². The van der Waals surface area contributed by atoms with E-state index in [1.54, 1.807) is 0 Å². The Balaban J connectivity index is 4.19. The minimum atomic E-state index is -1.63. The van der Waals surface area contributed by atoms with Crippen molar-refractivity contribution in [1.29, 1.82) is 0 Å². The number of carboxylic acid groups (broad SMARTS) is 1. The van der Waals surface area contributed by atoms with Gasteiger partial charge in [0.05, 0.1) is 40.3 Å². The van der Waals surface area contributed by atoms with Gasteiger partial charge in [-0.25, -0.2) is 0 Å². The van der Waals surface area contributed by atoms with Crippen molar-refractivity contribution in [1.82, 2.24) is 0 Å². The molecule has 0 bridgehead atoms.